The highest BCUT2D eigenvalue weighted by molar-refractivity contribution is 5.96. The maximum Gasteiger partial charge on any atom is 0.307 e. The molecule has 0 bridgehead atoms. The fraction of sp³-hybridized carbons (Fsp3) is 0.400. The Hall–Kier alpha value is -3.15. The number of carbonyl (C=O) groups excluding carboxylic acids is 1. The second-order valence-corrected chi connectivity index (χ2v) is 7.33. The number of rotatable bonds is 11. The maximum atomic E-state index is 11.9. The number of ether oxygens (including phenoxy) is 1. The predicted octanol–water partition coefficient (Wildman–Crippen LogP) is 4.94. The summed E-state index contributed by atoms with van der Waals surface area (Å²) in [6.07, 6.45) is 2.47. The van der Waals surface area contributed by atoms with Crippen molar-refractivity contribution in [3.05, 3.63) is 53.6 Å². The molecule has 0 heterocycles. The number of aliphatic carboxylic acids is 1. The number of nitrogens with one attached hydrogen (secondary N) is 1. The van der Waals surface area contributed by atoms with Crippen LogP contribution in [-0.2, 0) is 22.4 Å². The third-order valence-corrected chi connectivity index (χ3v) is 5.06. The average Bonchev–Trinajstić information content (AvgIpc) is 2.75. The molecule has 0 aliphatic heterocycles. The highest BCUT2D eigenvalue weighted by atomic mass is 16.5. The lowest BCUT2D eigenvalue weighted by Crippen LogP contribution is -2.35. The molecule has 0 aliphatic carbocycles. The summed E-state index contributed by atoms with van der Waals surface area (Å²) in [4.78, 5) is 24.6. The lowest BCUT2D eigenvalue weighted by atomic mass is 9.97. The van der Waals surface area contributed by atoms with E-state index in [4.69, 9.17) is 15.3 Å². The summed E-state index contributed by atoms with van der Waals surface area (Å²) < 4.78 is 5.76. The van der Waals surface area contributed by atoms with Gasteiger partial charge in [-0.1, -0.05) is 37.3 Å². The number of carboxylic acid groups (broad SMARTS) is 1. The van der Waals surface area contributed by atoms with E-state index in [0.29, 0.717) is 31.8 Å². The fourth-order valence-electron chi connectivity index (χ4n) is 3.57. The van der Waals surface area contributed by atoms with Gasteiger partial charge in [0, 0.05) is 24.9 Å². The van der Waals surface area contributed by atoms with E-state index in [1.54, 1.807) is 11.0 Å². The highest BCUT2D eigenvalue weighted by Crippen LogP contribution is 2.32. The van der Waals surface area contributed by atoms with Crippen molar-refractivity contribution in [3.8, 4) is 16.9 Å². The van der Waals surface area contributed by atoms with E-state index in [1.165, 1.54) is 0 Å². The molecule has 0 unspecified atom stereocenters. The molecule has 2 N–H and O–H groups in total. The van der Waals surface area contributed by atoms with Crippen LogP contribution in [-0.4, -0.2) is 40.9 Å². The molecule has 1 amide bonds. The molecular formula is C25H32N2O4. The molecule has 0 atom stereocenters. The molecule has 2 aromatic rings. The minimum absolute atomic E-state index is 0.0146. The van der Waals surface area contributed by atoms with Gasteiger partial charge in [0.05, 0.1) is 13.0 Å². The van der Waals surface area contributed by atoms with Gasteiger partial charge in [-0.05, 0) is 55.5 Å². The summed E-state index contributed by atoms with van der Waals surface area (Å²) in [6, 6.07) is 13.6. The minimum Gasteiger partial charge on any atom is -0.493 e. The van der Waals surface area contributed by atoms with Crippen LogP contribution in [0, 0.1) is 5.41 Å². The predicted molar refractivity (Wildman–Crippen MR) is 123 cm³/mol. The third-order valence-electron chi connectivity index (χ3n) is 5.06. The molecule has 6 heteroatoms. The molecule has 0 aliphatic rings. The molecule has 0 spiro atoms. The van der Waals surface area contributed by atoms with Crippen LogP contribution >= 0.6 is 0 Å². The molecule has 6 nitrogen and oxygen atoms in total. The Kier molecular flexibility index (Phi) is 9.25. The second kappa shape index (κ2) is 11.9. The maximum absolute atomic E-state index is 11.9. The lowest BCUT2D eigenvalue weighted by molar-refractivity contribution is -0.136. The number of amidine groups is 1. The van der Waals surface area contributed by atoms with E-state index in [0.717, 1.165) is 40.8 Å². The monoisotopic (exact) mass is 424 g/mol. The number of hydrogen-bond acceptors (Lipinski definition) is 4. The van der Waals surface area contributed by atoms with Crippen LogP contribution in [0.15, 0.2) is 42.5 Å². The van der Waals surface area contributed by atoms with E-state index < -0.39 is 5.97 Å². The zero-order chi connectivity index (χ0) is 22.8. The van der Waals surface area contributed by atoms with Gasteiger partial charge in [-0.2, -0.15) is 0 Å². The van der Waals surface area contributed by atoms with Crippen LogP contribution in [0.2, 0.25) is 0 Å². The highest BCUT2D eigenvalue weighted by Gasteiger charge is 2.14. The van der Waals surface area contributed by atoms with E-state index in [9.17, 15) is 9.59 Å². The van der Waals surface area contributed by atoms with Crippen molar-refractivity contribution >= 4 is 17.7 Å². The molecule has 0 radical (unpaired) electrons. The quantitative estimate of drug-likeness (QED) is 0.395. The van der Waals surface area contributed by atoms with E-state index in [2.05, 4.69) is 6.07 Å². The molecule has 0 saturated heterocycles. The Balaban J connectivity index is 2.15. The van der Waals surface area contributed by atoms with Crippen LogP contribution in [0.4, 0.5) is 0 Å². The first kappa shape index (κ1) is 24.1. The number of carboxylic acids is 1. The first-order chi connectivity index (χ1) is 14.9. The van der Waals surface area contributed by atoms with Crippen molar-refractivity contribution in [2.45, 2.75) is 52.9 Å². The molecule has 2 aromatic carbocycles. The Morgan fingerprint density at radius 3 is 2.48 bits per heavy atom. The van der Waals surface area contributed by atoms with Gasteiger partial charge in [-0.25, -0.2) is 0 Å². The Labute approximate surface area is 184 Å². The van der Waals surface area contributed by atoms with Crippen molar-refractivity contribution in [3.63, 3.8) is 0 Å². The summed E-state index contributed by atoms with van der Waals surface area (Å²) in [5.74, 6) is 0.214. The molecule has 0 aromatic heterocycles. The third kappa shape index (κ3) is 6.95. The van der Waals surface area contributed by atoms with Crippen LogP contribution in [0.3, 0.4) is 0 Å². The Bertz CT molecular complexity index is 923. The molecule has 0 saturated carbocycles. The first-order valence-electron chi connectivity index (χ1n) is 10.8. The average molecular weight is 425 g/mol. The summed E-state index contributed by atoms with van der Waals surface area (Å²) >= 11 is 0. The molecule has 0 fully saturated rings. The largest absolute Gasteiger partial charge is 0.493 e. The molecule has 31 heavy (non-hydrogen) atoms. The number of nitrogens with zero attached hydrogens (tertiary/aromatic N) is 1. The normalized spacial score (nSPS) is 10.5. The number of carbonyl (C=O) groups is 2. The van der Waals surface area contributed by atoms with Gasteiger partial charge in [0.25, 0.3) is 0 Å². The first-order valence-corrected chi connectivity index (χ1v) is 10.8. The number of hydrogen-bond donors (Lipinski definition) is 2. The second-order valence-electron chi connectivity index (χ2n) is 7.33. The number of amides is 1. The fourth-order valence-corrected chi connectivity index (χ4v) is 3.57. The van der Waals surface area contributed by atoms with Gasteiger partial charge in [0.1, 0.15) is 11.6 Å². The van der Waals surface area contributed by atoms with Crippen molar-refractivity contribution in [1.82, 2.24) is 4.90 Å². The van der Waals surface area contributed by atoms with Gasteiger partial charge in [-0.15, -0.1) is 0 Å². The van der Waals surface area contributed by atoms with Crippen LogP contribution in [0.5, 0.6) is 5.75 Å². The van der Waals surface area contributed by atoms with Crippen molar-refractivity contribution in [1.29, 1.82) is 5.41 Å². The molecule has 2 rings (SSSR count). The van der Waals surface area contributed by atoms with Gasteiger partial charge >= 0.3 is 5.97 Å². The summed E-state index contributed by atoms with van der Waals surface area (Å²) in [7, 11) is 0. The number of aryl methyl sites for hydroxylation is 1. The van der Waals surface area contributed by atoms with Crippen LogP contribution in [0.1, 0.15) is 51.2 Å². The summed E-state index contributed by atoms with van der Waals surface area (Å²) in [5.41, 5.74) is 3.70. The summed E-state index contributed by atoms with van der Waals surface area (Å²) in [5, 5.41) is 17.3. The van der Waals surface area contributed by atoms with Crippen molar-refractivity contribution in [2.75, 3.05) is 13.2 Å². The Morgan fingerprint density at radius 2 is 1.84 bits per heavy atom. The standard InChI is InChI=1S/C25H32N2O4/c1-4-24(28)27(5-2)23(26)12-8-10-18-9-7-11-20(15-18)21-16-19(17-25(29)30)13-14-22(21)31-6-3/h7,9,11,13-16,26H,4-6,8,10,12,17H2,1-3H3,(H,29,30). The summed E-state index contributed by atoms with van der Waals surface area (Å²) in [6.45, 7) is 6.67. The topological polar surface area (TPSA) is 90.7 Å². The SMILES string of the molecule is CCOc1ccc(CC(=O)O)cc1-c1cccc(CCCC(=N)N(CC)C(=O)CC)c1. The van der Waals surface area contributed by atoms with E-state index >= 15 is 0 Å². The van der Waals surface area contributed by atoms with Gasteiger partial charge in [-0.3, -0.25) is 15.0 Å². The van der Waals surface area contributed by atoms with E-state index in [1.807, 2.05) is 51.1 Å². The van der Waals surface area contributed by atoms with E-state index in [-0.39, 0.29) is 12.3 Å². The molecular weight excluding hydrogens is 392 g/mol. The lowest BCUT2D eigenvalue weighted by Gasteiger charge is -2.21. The van der Waals surface area contributed by atoms with Crippen molar-refractivity contribution < 1.29 is 19.4 Å². The van der Waals surface area contributed by atoms with Gasteiger partial charge in [0.15, 0.2) is 0 Å². The van der Waals surface area contributed by atoms with Gasteiger partial charge in [0.2, 0.25) is 5.91 Å². The van der Waals surface area contributed by atoms with Crippen molar-refractivity contribution in [2.24, 2.45) is 0 Å². The van der Waals surface area contributed by atoms with Crippen LogP contribution < -0.4 is 4.74 Å². The zero-order valence-corrected chi connectivity index (χ0v) is 18.6. The molecule has 166 valence electrons. The minimum atomic E-state index is -0.867. The van der Waals surface area contributed by atoms with Crippen LogP contribution in [0.25, 0.3) is 11.1 Å². The zero-order valence-electron chi connectivity index (χ0n) is 18.6. The number of benzene rings is 2. The smallest absolute Gasteiger partial charge is 0.307 e. The van der Waals surface area contributed by atoms with Gasteiger partial charge < -0.3 is 14.7 Å². The Morgan fingerprint density at radius 1 is 1.06 bits per heavy atom.